The smallest absolute Gasteiger partial charge is 0.253 e. The third kappa shape index (κ3) is 2.45. The van der Waals surface area contributed by atoms with Crippen molar-refractivity contribution in [3.05, 3.63) is 29.8 Å². The van der Waals surface area contributed by atoms with Gasteiger partial charge < -0.3 is 15.0 Å². The molecule has 1 aromatic carbocycles. The first kappa shape index (κ1) is 12.5. The molecule has 3 rings (SSSR count). The average Bonchev–Trinajstić information content (AvgIpc) is 2.94. The first-order valence-corrected chi connectivity index (χ1v) is 6.94. The van der Waals surface area contributed by atoms with Gasteiger partial charge in [0.15, 0.2) is 0 Å². The fraction of sp³-hybridized carbons (Fsp3) is 0.533. The molecule has 1 N–H and O–H groups in total. The summed E-state index contributed by atoms with van der Waals surface area (Å²) < 4.78 is 5.12. The Morgan fingerprint density at radius 2 is 2.11 bits per heavy atom. The van der Waals surface area contributed by atoms with Gasteiger partial charge in [-0.05, 0) is 49.6 Å². The summed E-state index contributed by atoms with van der Waals surface area (Å²) in [4.78, 5) is 14.4. The molecule has 0 spiro atoms. The normalized spacial score (nSPS) is 26.1. The molecule has 19 heavy (non-hydrogen) atoms. The second-order valence-corrected chi connectivity index (χ2v) is 5.38. The van der Waals surface area contributed by atoms with Gasteiger partial charge in [0, 0.05) is 24.7 Å². The maximum atomic E-state index is 12.5. The lowest BCUT2D eigenvalue weighted by atomic mass is 9.93. The molecule has 2 atom stereocenters. The first-order chi connectivity index (χ1) is 9.28. The van der Waals surface area contributed by atoms with Crippen molar-refractivity contribution in [2.45, 2.75) is 18.9 Å². The molecule has 2 fully saturated rings. The van der Waals surface area contributed by atoms with Gasteiger partial charge in [-0.25, -0.2) is 0 Å². The number of fused-ring (bicyclic) bond motifs is 1. The first-order valence-electron chi connectivity index (χ1n) is 6.94. The number of carbonyl (C=O) groups excluding carboxylic acids is 1. The number of methoxy groups -OCH3 is 1. The minimum Gasteiger partial charge on any atom is -0.497 e. The number of amides is 1. The van der Waals surface area contributed by atoms with Gasteiger partial charge in [-0.15, -0.1) is 0 Å². The number of hydrogen-bond acceptors (Lipinski definition) is 3. The van der Waals surface area contributed by atoms with E-state index in [-0.39, 0.29) is 5.91 Å². The number of rotatable bonds is 2. The number of nitrogens with zero attached hydrogens (tertiary/aromatic N) is 1. The fourth-order valence-corrected chi connectivity index (χ4v) is 3.15. The van der Waals surface area contributed by atoms with Crippen molar-refractivity contribution in [3.63, 3.8) is 0 Å². The Kier molecular flexibility index (Phi) is 3.42. The lowest BCUT2D eigenvalue weighted by Crippen LogP contribution is -2.46. The van der Waals surface area contributed by atoms with E-state index in [1.807, 2.05) is 29.2 Å². The molecule has 1 amide bonds. The molecule has 0 radical (unpaired) electrons. The lowest BCUT2D eigenvalue weighted by molar-refractivity contribution is 0.0662. The van der Waals surface area contributed by atoms with Crippen molar-refractivity contribution in [1.82, 2.24) is 10.2 Å². The number of likely N-dealkylation sites (tertiary alicyclic amines) is 1. The summed E-state index contributed by atoms with van der Waals surface area (Å²) in [5.74, 6) is 1.57. The van der Waals surface area contributed by atoms with E-state index in [1.165, 1.54) is 6.42 Å². The van der Waals surface area contributed by atoms with Crippen LogP contribution in [0.5, 0.6) is 5.75 Å². The van der Waals surface area contributed by atoms with Crippen LogP contribution in [0, 0.1) is 5.92 Å². The number of benzene rings is 1. The molecule has 0 saturated carbocycles. The van der Waals surface area contributed by atoms with E-state index in [9.17, 15) is 4.79 Å². The van der Waals surface area contributed by atoms with Gasteiger partial charge >= 0.3 is 0 Å². The summed E-state index contributed by atoms with van der Waals surface area (Å²) >= 11 is 0. The number of hydrogen-bond donors (Lipinski definition) is 1. The molecule has 4 nitrogen and oxygen atoms in total. The Hall–Kier alpha value is -1.55. The van der Waals surface area contributed by atoms with Gasteiger partial charge in [-0.1, -0.05) is 0 Å². The largest absolute Gasteiger partial charge is 0.497 e. The van der Waals surface area contributed by atoms with Crippen LogP contribution in [0.3, 0.4) is 0 Å². The molecule has 4 heteroatoms. The van der Waals surface area contributed by atoms with Crippen LogP contribution in [-0.4, -0.2) is 43.6 Å². The van der Waals surface area contributed by atoms with E-state index in [1.54, 1.807) is 7.11 Å². The van der Waals surface area contributed by atoms with Crippen molar-refractivity contribution in [2.75, 3.05) is 26.7 Å². The summed E-state index contributed by atoms with van der Waals surface area (Å²) in [6, 6.07) is 8.01. The van der Waals surface area contributed by atoms with Gasteiger partial charge in [0.2, 0.25) is 0 Å². The molecule has 2 unspecified atom stereocenters. The minimum atomic E-state index is 0.146. The molecule has 1 aromatic rings. The van der Waals surface area contributed by atoms with Crippen LogP contribution in [0.15, 0.2) is 24.3 Å². The van der Waals surface area contributed by atoms with Crippen LogP contribution >= 0.6 is 0 Å². The number of ether oxygens (including phenoxy) is 1. The molecule has 0 bridgehead atoms. The Morgan fingerprint density at radius 3 is 2.84 bits per heavy atom. The highest BCUT2D eigenvalue weighted by Crippen LogP contribution is 2.25. The van der Waals surface area contributed by atoms with E-state index in [4.69, 9.17) is 4.74 Å². The summed E-state index contributed by atoms with van der Waals surface area (Å²) in [5.41, 5.74) is 0.755. The van der Waals surface area contributed by atoms with Crippen LogP contribution in [0.25, 0.3) is 0 Å². The zero-order chi connectivity index (χ0) is 13.2. The van der Waals surface area contributed by atoms with Crippen LogP contribution < -0.4 is 10.1 Å². The van der Waals surface area contributed by atoms with Crippen molar-refractivity contribution >= 4 is 5.91 Å². The zero-order valence-corrected chi connectivity index (χ0v) is 11.3. The van der Waals surface area contributed by atoms with Gasteiger partial charge in [0.1, 0.15) is 5.75 Å². The van der Waals surface area contributed by atoms with Gasteiger partial charge in [-0.3, -0.25) is 4.79 Å². The van der Waals surface area contributed by atoms with Gasteiger partial charge in [-0.2, -0.15) is 0 Å². The average molecular weight is 260 g/mol. The Labute approximate surface area is 113 Å². The monoisotopic (exact) mass is 260 g/mol. The quantitative estimate of drug-likeness (QED) is 0.876. The predicted octanol–water partition coefficient (Wildman–Crippen LogP) is 1.52. The molecule has 2 saturated heterocycles. The Morgan fingerprint density at radius 1 is 1.32 bits per heavy atom. The summed E-state index contributed by atoms with van der Waals surface area (Å²) in [5, 5.41) is 3.52. The Bertz CT molecular complexity index is 458. The third-order valence-electron chi connectivity index (χ3n) is 4.28. The second kappa shape index (κ2) is 5.21. The predicted molar refractivity (Wildman–Crippen MR) is 73.4 cm³/mol. The van der Waals surface area contributed by atoms with Gasteiger partial charge in [0.05, 0.1) is 7.11 Å². The van der Waals surface area contributed by atoms with E-state index >= 15 is 0 Å². The fourth-order valence-electron chi connectivity index (χ4n) is 3.15. The van der Waals surface area contributed by atoms with Crippen LogP contribution in [-0.2, 0) is 0 Å². The SMILES string of the molecule is COc1ccc(C(=O)N2CCC3NCCC3C2)cc1. The van der Waals surface area contributed by atoms with E-state index < -0.39 is 0 Å². The summed E-state index contributed by atoms with van der Waals surface area (Å²) in [6.07, 6.45) is 2.27. The molecule has 2 aliphatic rings. The summed E-state index contributed by atoms with van der Waals surface area (Å²) in [6.45, 7) is 2.85. The highest BCUT2D eigenvalue weighted by Gasteiger charge is 2.34. The van der Waals surface area contributed by atoms with Crippen molar-refractivity contribution < 1.29 is 9.53 Å². The standard InChI is InChI=1S/C15H20N2O2/c1-19-13-4-2-11(3-5-13)15(18)17-9-7-14-12(10-17)6-8-16-14/h2-5,12,14,16H,6-10H2,1H3. The van der Waals surface area contributed by atoms with Crippen LogP contribution in [0.4, 0.5) is 0 Å². The molecule has 2 heterocycles. The minimum absolute atomic E-state index is 0.146. The maximum absolute atomic E-state index is 12.5. The highest BCUT2D eigenvalue weighted by atomic mass is 16.5. The third-order valence-corrected chi connectivity index (χ3v) is 4.28. The van der Waals surface area contributed by atoms with Crippen LogP contribution in [0.2, 0.25) is 0 Å². The highest BCUT2D eigenvalue weighted by molar-refractivity contribution is 5.94. The number of nitrogens with one attached hydrogen (secondary N) is 1. The molecular weight excluding hydrogens is 240 g/mol. The molecular formula is C15H20N2O2. The van der Waals surface area contributed by atoms with Crippen LogP contribution in [0.1, 0.15) is 23.2 Å². The maximum Gasteiger partial charge on any atom is 0.253 e. The van der Waals surface area contributed by atoms with E-state index in [0.717, 1.165) is 37.4 Å². The number of piperidine rings is 1. The van der Waals surface area contributed by atoms with Crippen molar-refractivity contribution in [1.29, 1.82) is 0 Å². The lowest BCUT2D eigenvalue weighted by Gasteiger charge is -2.34. The molecule has 0 aliphatic carbocycles. The Balaban J connectivity index is 1.69. The molecule has 2 aliphatic heterocycles. The molecule has 0 aromatic heterocycles. The van der Waals surface area contributed by atoms with E-state index in [0.29, 0.717) is 12.0 Å². The second-order valence-electron chi connectivity index (χ2n) is 5.38. The van der Waals surface area contributed by atoms with Crippen molar-refractivity contribution in [3.8, 4) is 5.75 Å². The molecule has 102 valence electrons. The number of carbonyl (C=O) groups is 1. The van der Waals surface area contributed by atoms with E-state index in [2.05, 4.69) is 5.32 Å². The van der Waals surface area contributed by atoms with Crippen molar-refractivity contribution in [2.24, 2.45) is 5.92 Å². The topological polar surface area (TPSA) is 41.6 Å². The summed E-state index contributed by atoms with van der Waals surface area (Å²) in [7, 11) is 1.63. The zero-order valence-electron chi connectivity index (χ0n) is 11.3. The van der Waals surface area contributed by atoms with Gasteiger partial charge in [0.25, 0.3) is 5.91 Å².